The predicted octanol–water partition coefficient (Wildman–Crippen LogP) is 6.34. The van der Waals surface area contributed by atoms with Gasteiger partial charge in [0.25, 0.3) is 5.91 Å². The Morgan fingerprint density at radius 2 is 1.66 bits per heavy atom. The van der Waals surface area contributed by atoms with Crippen LogP contribution < -0.4 is 15.3 Å². The molecule has 3 amide bonds. The van der Waals surface area contributed by atoms with Gasteiger partial charge in [-0.2, -0.15) is 18.4 Å². The van der Waals surface area contributed by atoms with Gasteiger partial charge in [-0.1, -0.05) is 12.8 Å². The maximum Gasteiger partial charge on any atom is 0.417 e. The molecule has 1 unspecified atom stereocenters. The summed E-state index contributed by atoms with van der Waals surface area (Å²) in [6, 6.07) is 7.00. The lowest BCUT2D eigenvalue weighted by atomic mass is 9.89. The molecule has 0 aromatic heterocycles. The molecule has 220 valence electrons. The van der Waals surface area contributed by atoms with Crippen molar-refractivity contribution in [1.29, 1.82) is 5.26 Å². The van der Waals surface area contributed by atoms with Crippen molar-refractivity contribution in [2.75, 3.05) is 16.4 Å². The molecule has 12 heteroatoms. The van der Waals surface area contributed by atoms with E-state index in [9.17, 15) is 22.8 Å². The summed E-state index contributed by atoms with van der Waals surface area (Å²) >= 11 is 0. The van der Waals surface area contributed by atoms with Crippen LogP contribution in [0.3, 0.4) is 0 Å². The van der Waals surface area contributed by atoms with Gasteiger partial charge < -0.3 is 4.74 Å². The van der Waals surface area contributed by atoms with E-state index in [2.05, 4.69) is 5.48 Å². The van der Waals surface area contributed by atoms with E-state index in [0.29, 0.717) is 12.8 Å². The van der Waals surface area contributed by atoms with E-state index in [4.69, 9.17) is 14.8 Å². The monoisotopic (exact) mass is 576 g/mol. The lowest BCUT2D eigenvalue weighted by Gasteiger charge is -2.32. The quantitative estimate of drug-likeness (QED) is 0.307. The molecule has 41 heavy (non-hydrogen) atoms. The Hall–Kier alpha value is -3.69. The Morgan fingerprint density at radius 3 is 2.20 bits per heavy atom. The summed E-state index contributed by atoms with van der Waals surface area (Å²) in [6.45, 7) is 7.51. The van der Waals surface area contributed by atoms with Crippen LogP contribution in [-0.2, 0) is 15.8 Å². The fourth-order valence-electron chi connectivity index (χ4n) is 5.16. The molecular weight excluding hydrogens is 544 g/mol. The normalized spacial score (nSPS) is 20.0. The molecule has 2 aromatic rings. The van der Waals surface area contributed by atoms with Crippen LogP contribution >= 0.6 is 0 Å². The Labute approximate surface area is 235 Å². The topological polar surface area (TPSA) is 94.9 Å². The number of carbonyl (C=O) groups excluding carboxylic acids is 2. The van der Waals surface area contributed by atoms with Gasteiger partial charge in [0.05, 0.1) is 47.1 Å². The van der Waals surface area contributed by atoms with Gasteiger partial charge in [-0.3, -0.25) is 19.4 Å². The van der Waals surface area contributed by atoms with Gasteiger partial charge in [0, 0.05) is 11.4 Å². The molecule has 1 aliphatic carbocycles. The second-order valence-corrected chi connectivity index (χ2v) is 11.2. The molecule has 1 heterocycles. The second-order valence-electron chi connectivity index (χ2n) is 11.2. The summed E-state index contributed by atoms with van der Waals surface area (Å²) < 4.78 is 61.7. The van der Waals surface area contributed by atoms with Gasteiger partial charge in [-0.05, 0) is 76.9 Å². The molecule has 3 atom stereocenters. The first-order valence-corrected chi connectivity index (χ1v) is 13.3. The molecule has 1 N–H and O–H groups in total. The number of urea groups is 1. The maximum atomic E-state index is 15.2. The highest BCUT2D eigenvalue weighted by Gasteiger charge is 2.48. The van der Waals surface area contributed by atoms with Crippen molar-refractivity contribution in [1.82, 2.24) is 5.48 Å². The van der Waals surface area contributed by atoms with E-state index in [-0.39, 0.29) is 23.5 Å². The van der Waals surface area contributed by atoms with Gasteiger partial charge in [0.15, 0.2) is 0 Å². The molecule has 0 spiro atoms. The number of alkyl halides is 3. The average Bonchev–Trinajstić information content (AvgIpc) is 3.20. The summed E-state index contributed by atoms with van der Waals surface area (Å²) in [7, 11) is 0. The summed E-state index contributed by atoms with van der Waals surface area (Å²) in [5, 5.41) is 9.15. The van der Waals surface area contributed by atoms with Gasteiger partial charge >= 0.3 is 12.2 Å². The van der Waals surface area contributed by atoms with Gasteiger partial charge in [0.1, 0.15) is 11.9 Å². The highest BCUT2D eigenvalue weighted by atomic mass is 19.4. The van der Waals surface area contributed by atoms with Crippen LogP contribution in [0.5, 0.6) is 0 Å². The van der Waals surface area contributed by atoms with E-state index < -0.39 is 58.8 Å². The zero-order chi connectivity index (χ0) is 30.1. The number of nitrogens with zero attached hydrogens (tertiary/aromatic N) is 3. The molecule has 1 saturated carbocycles. The van der Waals surface area contributed by atoms with Crippen LogP contribution in [0.4, 0.5) is 33.7 Å². The second kappa shape index (κ2) is 11.7. The molecular formula is C29H32F4N4O4. The summed E-state index contributed by atoms with van der Waals surface area (Å²) in [6.07, 6.45) is -2.61. The standard InChI is InChI=1S/C29H32F4N4O4/c1-17(16-40-28(2,3)4)41-35-26(38)21-12-11-20(14-23(21)30)37-25-8-6-5-7-24(25)36(27(37)39)19-10-9-18(15-34)22(13-19)29(31,32)33/h9-14,17,24-25H,5-8,16H2,1-4H3,(H,35,38)/t17?,24-,25-/m0/s1. The fourth-order valence-corrected chi connectivity index (χ4v) is 5.16. The molecule has 1 saturated heterocycles. The molecule has 0 radical (unpaired) electrons. The molecule has 8 nitrogen and oxygen atoms in total. The third-order valence-corrected chi connectivity index (χ3v) is 7.06. The van der Waals surface area contributed by atoms with Gasteiger partial charge in [0.2, 0.25) is 0 Å². The van der Waals surface area contributed by atoms with Crippen molar-refractivity contribution in [3.8, 4) is 6.07 Å². The number of benzene rings is 2. The summed E-state index contributed by atoms with van der Waals surface area (Å²) in [4.78, 5) is 34.2. The molecule has 2 fully saturated rings. The number of rotatable bonds is 7. The van der Waals surface area contributed by atoms with Crippen molar-refractivity contribution in [3.63, 3.8) is 0 Å². The van der Waals surface area contributed by atoms with Gasteiger partial charge in [-0.25, -0.2) is 14.7 Å². The van der Waals surface area contributed by atoms with Crippen molar-refractivity contribution in [3.05, 3.63) is 58.9 Å². The van der Waals surface area contributed by atoms with Crippen LogP contribution in [0.25, 0.3) is 0 Å². The minimum absolute atomic E-state index is 0.0129. The fraction of sp³-hybridized carbons (Fsp3) is 0.483. The Balaban J connectivity index is 1.56. The minimum atomic E-state index is -4.78. The summed E-state index contributed by atoms with van der Waals surface area (Å²) in [5.74, 6) is -1.71. The Morgan fingerprint density at radius 1 is 1.07 bits per heavy atom. The van der Waals surface area contributed by atoms with E-state index >= 15 is 4.39 Å². The number of hydrogen-bond acceptors (Lipinski definition) is 5. The number of hydroxylamine groups is 1. The number of nitrogens with one attached hydrogen (secondary N) is 1. The van der Waals surface area contributed by atoms with Crippen LogP contribution in [0.15, 0.2) is 36.4 Å². The number of carbonyl (C=O) groups is 2. The third kappa shape index (κ3) is 6.63. The average molecular weight is 577 g/mol. The van der Waals surface area contributed by atoms with E-state index in [1.54, 1.807) is 13.0 Å². The third-order valence-electron chi connectivity index (χ3n) is 7.06. The Kier molecular flexibility index (Phi) is 8.61. The number of ether oxygens (including phenoxy) is 1. The van der Waals surface area contributed by atoms with E-state index in [1.165, 1.54) is 28.0 Å². The SMILES string of the molecule is CC(COC(C)(C)C)ONC(=O)c1ccc(N2C(=O)N(c3ccc(C#N)c(C(F)(F)F)c3)[C@H]3CCCC[C@@H]32)cc1F. The number of fused-ring (bicyclic) bond motifs is 1. The van der Waals surface area contributed by atoms with Gasteiger partial charge in [-0.15, -0.1) is 0 Å². The maximum absolute atomic E-state index is 15.2. The zero-order valence-corrected chi connectivity index (χ0v) is 23.2. The van der Waals surface area contributed by atoms with Crippen molar-refractivity contribution >= 4 is 23.3 Å². The highest BCUT2D eigenvalue weighted by Crippen LogP contribution is 2.42. The van der Waals surface area contributed by atoms with Crippen molar-refractivity contribution < 1.29 is 36.7 Å². The minimum Gasteiger partial charge on any atom is -0.373 e. The highest BCUT2D eigenvalue weighted by molar-refractivity contribution is 6.08. The van der Waals surface area contributed by atoms with Crippen molar-refractivity contribution in [2.45, 2.75) is 83.3 Å². The van der Waals surface area contributed by atoms with Crippen LogP contribution in [-0.4, -0.2) is 42.3 Å². The number of amides is 3. The molecule has 2 aliphatic rings. The van der Waals surface area contributed by atoms with Crippen LogP contribution in [0.2, 0.25) is 0 Å². The number of anilines is 2. The molecule has 0 bridgehead atoms. The lowest BCUT2D eigenvalue weighted by molar-refractivity contribution is -0.137. The largest absolute Gasteiger partial charge is 0.417 e. The number of hydrogen-bond donors (Lipinski definition) is 1. The predicted molar refractivity (Wildman–Crippen MR) is 143 cm³/mol. The smallest absolute Gasteiger partial charge is 0.373 e. The number of nitriles is 1. The molecule has 2 aromatic carbocycles. The van der Waals surface area contributed by atoms with Crippen LogP contribution in [0, 0.1) is 17.1 Å². The summed E-state index contributed by atoms with van der Waals surface area (Å²) in [5.41, 5.74) is 0.0382. The molecule has 1 aliphatic heterocycles. The lowest BCUT2D eigenvalue weighted by Crippen LogP contribution is -2.40. The Bertz CT molecular complexity index is 1350. The van der Waals surface area contributed by atoms with E-state index in [1.807, 2.05) is 20.8 Å². The first-order valence-electron chi connectivity index (χ1n) is 13.3. The number of halogens is 4. The van der Waals surface area contributed by atoms with Crippen LogP contribution in [0.1, 0.15) is 74.9 Å². The molecule has 4 rings (SSSR count). The zero-order valence-electron chi connectivity index (χ0n) is 23.2. The van der Waals surface area contributed by atoms with Crippen molar-refractivity contribution in [2.24, 2.45) is 0 Å². The van der Waals surface area contributed by atoms with E-state index in [0.717, 1.165) is 31.0 Å². The first kappa shape index (κ1) is 30.3. The first-order chi connectivity index (χ1) is 19.2.